The van der Waals surface area contributed by atoms with Gasteiger partial charge in [-0.2, -0.15) is 4.98 Å². The first kappa shape index (κ1) is 23.8. The zero-order chi connectivity index (χ0) is 24.5. The van der Waals surface area contributed by atoms with E-state index in [-0.39, 0.29) is 17.5 Å². The Kier molecular flexibility index (Phi) is 6.62. The molecule has 0 radical (unpaired) electrons. The molecule has 2 aromatic carbocycles. The predicted molar refractivity (Wildman–Crippen MR) is 116 cm³/mol. The topological polar surface area (TPSA) is 115 Å². The lowest BCUT2D eigenvalue weighted by atomic mass is 9.97. The summed E-state index contributed by atoms with van der Waals surface area (Å²) in [7, 11) is -4.09. The summed E-state index contributed by atoms with van der Waals surface area (Å²) in [5.41, 5.74) is 2.26. The Morgan fingerprint density at radius 3 is 2.65 bits per heavy atom. The highest BCUT2D eigenvalue weighted by Gasteiger charge is 2.26. The molecule has 0 saturated heterocycles. The van der Waals surface area contributed by atoms with Gasteiger partial charge in [0, 0.05) is 25.2 Å². The molecule has 0 spiro atoms. The monoisotopic (exact) mass is 492 g/mol. The molecule has 1 aliphatic heterocycles. The number of carbonyl (C=O) groups is 1. The highest BCUT2D eigenvalue weighted by atomic mass is 32.2. The highest BCUT2D eigenvalue weighted by Crippen LogP contribution is 2.30. The Morgan fingerprint density at radius 2 is 1.94 bits per heavy atom. The molecule has 3 aromatic rings. The number of anilines is 1. The summed E-state index contributed by atoms with van der Waals surface area (Å²) in [5.74, 6) is -2.53. The van der Waals surface area contributed by atoms with Gasteiger partial charge in [0.05, 0.1) is 11.5 Å². The van der Waals surface area contributed by atoms with E-state index >= 15 is 0 Å². The maximum Gasteiger partial charge on any atom is 0.380 e. The Labute approximate surface area is 194 Å². The highest BCUT2D eigenvalue weighted by molar-refractivity contribution is 7.92. The largest absolute Gasteiger partial charge is 0.460 e. The van der Waals surface area contributed by atoms with Crippen molar-refractivity contribution in [3.63, 3.8) is 0 Å². The average molecular weight is 493 g/mol. The van der Waals surface area contributed by atoms with E-state index in [2.05, 4.69) is 14.9 Å². The molecule has 34 heavy (non-hydrogen) atoms. The lowest BCUT2D eigenvalue weighted by Crippen LogP contribution is -2.33. The van der Waals surface area contributed by atoms with E-state index in [1.807, 2.05) is 11.8 Å². The van der Waals surface area contributed by atoms with Gasteiger partial charge in [-0.05, 0) is 66.4 Å². The lowest BCUT2D eigenvalue weighted by molar-refractivity contribution is 0.0508. The number of sulfonamides is 1. The van der Waals surface area contributed by atoms with E-state index in [1.165, 1.54) is 24.3 Å². The van der Waals surface area contributed by atoms with Crippen LogP contribution in [0.15, 0.2) is 45.8 Å². The number of carbonyl (C=O) groups excluding carboxylic acids is 1. The minimum atomic E-state index is -4.09. The Balaban J connectivity index is 1.52. The fourth-order valence-electron chi connectivity index (χ4n) is 3.80. The molecule has 1 aromatic heterocycles. The second kappa shape index (κ2) is 9.47. The molecule has 1 N–H and O–H groups in total. The van der Waals surface area contributed by atoms with Gasteiger partial charge in [-0.15, -0.1) is 0 Å². The quantitative estimate of drug-likeness (QED) is 0.499. The summed E-state index contributed by atoms with van der Waals surface area (Å²) in [6.07, 6.45) is 0.651. The van der Waals surface area contributed by atoms with Gasteiger partial charge in [-0.25, -0.2) is 26.7 Å². The predicted octanol–water partition coefficient (Wildman–Crippen LogP) is 3.44. The molecule has 1 aliphatic rings. The van der Waals surface area contributed by atoms with Gasteiger partial charge < -0.3 is 9.26 Å². The summed E-state index contributed by atoms with van der Waals surface area (Å²) in [5, 5.41) is 3.41. The van der Waals surface area contributed by atoms with Gasteiger partial charge in [-0.3, -0.25) is 4.90 Å². The number of aromatic nitrogens is 2. The third-order valence-electron chi connectivity index (χ3n) is 5.55. The van der Waals surface area contributed by atoms with E-state index < -0.39 is 39.5 Å². The number of nitrogens with one attached hydrogen (secondary N) is 1. The van der Waals surface area contributed by atoms with Crippen LogP contribution in [0.2, 0.25) is 0 Å². The molecule has 12 heteroatoms. The van der Waals surface area contributed by atoms with Crippen LogP contribution in [-0.2, 0) is 27.7 Å². The van der Waals surface area contributed by atoms with Crippen molar-refractivity contribution in [1.29, 1.82) is 0 Å². The third kappa shape index (κ3) is 5.07. The van der Waals surface area contributed by atoms with Crippen LogP contribution in [-0.4, -0.2) is 42.6 Å². The zero-order valence-electron chi connectivity index (χ0n) is 18.4. The number of benzene rings is 2. The van der Waals surface area contributed by atoms with Gasteiger partial charge in [0.15, 0.2) is 0 Å². The SMILES string of the molecule is CCOC(=O)c1noc(NS(=O)(=O)c2ccc3c(c2)CN([C@H](C)c2cc(F)cc(F)c2)CC3)n1. The summed E-state index contributed by atoms with van der Waals surface area (Å²) >= 11 is 0. The summed E-state index contributed by atoms with van der Waals surface area (Å²) in [4.78, 5) is 17.3. The molecule has 0 bridgehead atoms. The summed E-state index contributed by atoms with van der Waals surface area (Å²) in [6, 6.07) is 7.39. The van der Waals surface area contributed by atoms with Gasteiger partial charge >= 0.3 is 12.0 Å². The molecule has 9 nitrogen and oxygen atoms in total. The first-order valence-electron chi connectivity index (χ1n) is 10.5. The lowest BCUT2D eigenvalue weighted by Gasteiger charge is -2.34. The molecule has 180 valence electrons. The second-order valence-corrected chi connectivity index (χ2v) is 9.46. The average Bonchev–Trinajstić information content (AvgIpc) is 3.25. The summed E-state index contributed by atoms with van der Waals surface area (Å²) in [6.45, 7) is 4.60. The van der Waals surface area contributed by atoms with Crippen LogP contribution < -0.4 is 4.72 Å². The molecule has 1 atom stereocenters. The van der Waals surface area contributed by atoms with Crippen LogP contribution in [0.5, 0.6) is 0 Å². The van der Waals surface area contributed by atoms with Crippen LogP contribution in [0.25, 0.3) is 0 Å². The number of hydrogen-bond donors (Lipinski definition) is 1. The van der Waals surface area contributed by atoms with Crippen molar-refractivity contribution >= 4 is 22.0 Å². The van der Waals surface area contributed by atoms with Crippen LogP contribution in [0.1, 0.15) is 47.2 Å². The van der Waals surface area contributed by atoms with Crippen molar-refractivity contribution < 1.29 is 31.3 Å². The van der Waals surface area contributed by atoms with Crippen molar-refractivity contribution in [2.24, 2.45) is 0 Å². The van der Waals surface area contributed by atoms with Crippen molar-refractivity contribution in [3.8, 4) is 0 Å². The van der Waals surface area contributed by atoms with Crippen LogP contribution >= 0.6 is 0 Å². The number of esters is 1. The maximum absolute atomic E-state index is 13.7. The van der Waals surface area contributed by atoms with E-state index in [4.69, 9.17) is 9.26 Å². The first-order valence-corrected chi connectivity index (χ1v) is 12.0. The van der Waals surface area contributed by atoms with E-state index in [1.54, 1.807) is 13.0 Å². The number of rotatable bonds is 7. The van der Waals surface area contributed by atoms with Crippen molar-refractivity contribution in [3.05, 3.63) is 70.5 Å². The maximum atomic E-state index is 13.7. The normalized spacial score (nSPS) is 14.9. The molecular weight excluding hydrogens is 470 g/mol. The fourth-order valence-corrected chi connectivity index (χ4v) is 4.77. The van der Waals surface area contributed by atoms with E-state index in [9.17, 15) is 22.0 Å². The Morgan fingerprint density at radius 1 is 1.21 bits per heavy atom. The smallest absolute Gasteiger partial charge is 0.380 e. The Bertz CT molecular complexity index is 1310. The van der Waals surface area contributed by atoms with Gasteiger partial charge in [0.1, 0.15) is 11.6 Å². The minimum absolute atomic E-state index is 0.0339. The molecule has 0 fully saturated rings. The molecule has 0 saturated carbocycles. The molecule has 0 unspecified atom stereocenters. The number of nitrogens with zero attached hydrogens (tertiary/aromatic N) is 3. The number of halogens is 2. The standard InChI is InChI=1S/C22H22F2N4O5S/c1-3-32-21(29)20-25-22(33-26-20)27-34(30,31)19-5-4-14-6-7-28(12-16(14)10-19)13(2)15-8-17(23)11-18(24)9-15/h4-5,8-11,13H,3,6-7,12H2,1-2H3,(H,25,26,27)/t13-/m1/s1. The third-order valence-corrected chi connectivity index (χ3v) is 6.87. The molecule has 2 heterocycles. The molecular formula is C22H22F2N4O5S. The fraction of sp³-hybridized carbons (Fsp3) is 0.318. The van der Waals surface area contributed by atoms with E-state index in [0.29, 0.717) is 25.1 Å². The first-order chi connectivity index (χ1) is 16.2. The number of ether oxygens (including phenoxy) is 1. The van der Waals surface area contributed by atoms with Crippen molar-refractivity contribution in [1.82, 2.24) is 15.0 Å². The zero-order valence-corrected chi connectivity index (χ0v) is 19.2. The molecule has 0 aliphatic carbocycles. The van der Waals surface area contributed by atoms with Crippen LogP contribution in [0.4, 0.5) is 14.8 Å². The van der Waals surface area contributed by atoms with Crippen LogP contribution in [0.3, 0.4) is 0 Å². The molecule has 0 amide bonds. The molecule has 4 rings (SSSR count). The Hall–Kier alpha value is -3.38. The second-order valence-electron chi connectivity index (χ2n) is 7.78. The minimum Gasteiger partial charge on any atom is -0.460 e. The van der Waals surface area contributed by atoms with Gasteiger partial charge in [0.2, 0.25) is 0 Å². The van der Waals surface area contributed by atoms with E-state index in [0.717, 1.165) is 17.2 Å². The van der Waals surface area contributed by atoms with Crippen molar-refractivity contribution in [2.45, 2.75) is 37.8 Å². The number of hydrogen-bond acceptors (Lipinski definition) is 8. The van der Waals surface area contributed by atoms with Gasteiger partial charge in [0.25, 0.3) is 15.8 Å². The summed E-state index contributed by atoms with van der Waals surface area (Å²) < 4.78 is 64.7. The van der Waals surface area contributed by atoms with Gasteiger partial charge in [-0.1, -0.05) is 6.07 Å². The number of fused-ring (bicyclic) bond motifs is 1. The van der Waals surface area contributed by atoms with Crippen molar-refractivity contribution in [2.75, 3.05) is 17.9 Å². The van der Waals surface area contributed by atoms with Crippen LogP contribution in [0, 0.1) is 11.6 Å².